The second kappa shape index (κ2) is 7.04. The van der Waals surface area contributed by atoms with Crippen molar-refractivity contribution in [3.05, 3.63) is 54.1 Å². The van der Waals surface area contributed by atoms with Gasteiger partial charge < -0.3 is 21.3 Å². The predicted octanol–water partition coefficient (Wildman–Crippen LogP) is 3.92. The second-order valence-electron chi connectivity index (χ2n) is 5.85. The Balaban J connectivity index is 1.61. The van der Waals surface area contributed by atoms with Gasteiger partial charge >= 0.3 is 12.1 Å². The fourth-order valence-corrected chi connectivity index (χ4v) is 2.22. The number of anilines is 3. The minimum absolute atomic E-state index is 0.216. The second-order valence-corrected chi connectivity index (χ2v) is 5.85. The summed E-state index contributed by atoms with van der Waals surface area (Å²) in [5.74, 6) is 0. The average molecular weight is 324 g/mol. The molecule has 0 bridgehead atoms. The van der Waals surface area contributed by atoms with Crippen LogP contribution in [-0.4, -0.2) is 18.1 Å². The Morgan fingerprint density at radius 1 is 0.875 bits per heavy atom. The Kier molecular flexibility index (Phi) is 4.65. The zero-order valence-corrected chi connectivity index (χ0v) is 13.4. The highest BCUT2D eigenvalue weighted by Gasteiger charge is 2.23. The third kappa shape index (κ3) is 4.49. The Bertz CT molecular complexity index is 742. The quantitative estimate of drug-likeness (QED) is 0.687. The summed E-state index contributed by atoms with van der Waals surface area (Å²) >= 11 is 0. The van der Waals surface area contributed by atoms with Crippen LogP contribution in [0.2, 0.25) is 0 Å². The molecule has 0 unspecified atom stereocenters. The van der Waals surface area contributed by atoms with Gasteiger partial charge in [0.15, 0.2) is 0 Å². The molecule has 2 aromatic rings. The lowest BCUT2D eigenvalue weighted by Crippen LogP contribution is -2.30. The van der Waals surface area contributed by atoms with Gasteiger partial charge in [-0.25, -0.2) is 9.59 Å². The Morgan fingerprint density at radius 3 is 2.29 bits per heavy atom. The summed E-state index contributed by atoms with van der Waals surface area (Å²) in [5.41, 5.74) is 2.92. The van der Waals surface area contributed by atoms with Crippen molar-refractivity contribution >= 4 is 29.1 Å². The fraction of sp³-hybridized carbons (Fsp3) is 0.222. The van der Waals surface area contributed by atoms with E-state index in [2.05, 4.69) is 21.3 Å². The predicted molar refractivity (Wildman–Crippen MR) is 95.4 cm³/mol. The van der Waals surface area contributed by atoms with E-state index in [4.69, 9.17) is 0 Å². The van der Waals surface area contributed by atoms with Gasteiger partial charge in [0.05, 0.1) is 0 Å². The molecule has 0 saturated heterocycles. The van der Waals surface area contributed by atoms with Gasteiger partial charge in [0.2, 0.25) is 0 Å². The SMILES string of the molecule is Cc1ccc(NC(=O)Nc2ccccc2)cc1NC(=O)NC1CC1. The van der Waals surface area contributed by atoms with E-state index >= 15 is 0 Å². The molecular formula is C18H20N4O2. The molecule has 6 heteroatoms. The van der Waals surface area contributed by atoms with Gasteiger partial charge in [-0.2, -0.15) is 0 Å². The van der Waals surface area contributed by atoms with Crippen molar-refractivity contribution in [3.63, 3.8) is 0 Å². The van der Waals surface area contributed by atoms with Gasteiger partial charge in [-0.15, -0.1) is 0 Å². The molecule has 124 valence electrons. The Morgan fingerprint density at radius 2 is 1.58 bits per heavy atom. The molecule has 0 aromatic heterocycles. The topological polar surface area (TPSA) is 82.3 Å². The van der Waals surface area contributed by atoms with Crippen LogP contribution < -0.4 is 21.3 Å². The number of carbonyl (C=O) groups excluding carboxylic acids is 2. The number of aryl methyl sites for hydroxylation is 1. The van der Waals surface area contributed by atoms with Crippen molar-refractivity contribution in [1.82, 2.24) is 5.32 Å². The fourth-order valence-electron chi connectivity index (χ4n) is 2.22. The first-order valence-corrected chi connectivity index (χ1v) is 7.91. The van der Waals surface area contributed by atoms with E-state index in [0.717, 1.165) is 18.4 Å². The van der Waals surface area contributed by atoms with Crippen molar-refractivity contribution in [2.45, 2.75) is 25.8 Å². The number of amides is 4. The van der Waals surface area contributed by atoms with Crippen LogP contribution in [0.25, 0.3) is 0 Å². The third-order valence-corrected chi connectivity index (χ3v) is 3.69. The maximum absolute atomic E-state index is 12.0. The third-order valence-electron chi connectivity index (χ3n) is 3.69. The van der Waals surface area contributed by atoms with Crippen LogP contribution in [0.3, 0.4) is 0 Å². The minimum Gasteiger partial charge on any atom is -0.335 e. The minimum atomic E-state index is -0.335. The molecule has 3 rings (SSSR count). The van der Waals surface area contributed by atoms with E-state index in [1.54, 1.807) is 12.1 Å². The maximum atomic E-state index is 12.0. The molecule has 0 radical (unpaired) electrons. The highest BCUT2D eigenvalue weighted by atomic mass is 16.2. The summed E-state index contributed by atoms with van der Waals surface area (Å²) in [5, 5.41) is 11.2. The molecule has 1 saturated carbocycles. The summed E-state index contributed by atoms with van der Waals surface area (Å²) in [4.78, 5) is 23.9. The molecule has 2 aromatic carbocycles. The lowest BCUT2D eigenvalue weighted by Gasteiger charge is -2.12. The molecule has 1 aliphatic rings. The van der Waals surface area contributed by atoms with Crippen molar-refractivity contribution < 1.29 is 9.59 Å². The number of hydrogen-bond donors (Lipinski definition) is 4. The highest BCUT2D eigenvalue weighted by Crippen LogP contribution is 2.22. The molecule has 1 fully saturated rings. The highest BCUT2D eigenvalue weighted by molar-refractivity contribution is 6.00. The first kappa shape index (κ1) is 15.9. The lowest BCUT2D eigenvalue weighted by molar-refractivity contribution is 0.251. The van der Waals surface area contributed by atoms with Crippen LogP contribution in [-0.2, 0) is 0 Å². The average Bonchev–Trinajstić information content (AvgIpc) is 3.35. The standard InChI is InChI=1S/C18H20N4O2/c1-12-7-8-15(11-16(12)22-18(24)20-14-9-10-14)21-17(23)19-13-5-3-2-4-6-13/h2-8,11,14H,9-10H2,1H3,(H2,19,21,23)(H2,20,22,24). The van der Waals surface area contributed by atoms with Crippen molar-refractivity contribution in [1.29, 1.82) is 0 Å². The van der Waals surface area contributed by atoms with Crippen LogP contribution in [0, 0.1) is 6.92 Å². The number of para-hydroxylation sites is 1. The lowest BCUT2D eigenvalue weighted by atomic mass is 10.2. The van der Waals surface area contributed by atoms with E-state index in [9.17, 15) is 9.59 Å². The number of carbonyl (C=O) groups is 2. The summed E-state index contributed by atoms with van der Waals surface area (Å²) in [7, 11) is 0. The Hall–Kier alpha value is -3.02. The van der Waals surface area contributed by atoms with E-state index in [0.29, 0.717) is 23.1 Å². The molecule has 6 nitrogen and oxygen atoms in total. The van der Waals surface area contributed by atoms with Crippen molar-refractivity contribution in [2.24, 2.45) is 0 Å². The van der Waals surface area contributed by atoms with E-state index < -0.39 is 0 Å². The van der Waals surface area contributed by atoms with Crippen LogP contribution in [0.15, 0.2) is 48.5 Å². The van der Waals surface area contributed by atoms with Gasteiger partial charge in [0.1, 0.15) is 0 Å². The van der Waals surface area contributed by atoms with Gasteiger partial charge in [-0.3, -0.25) is 0 Å². The summed E-state index contributed by atoms with van der Waals surface area (Å²) in [6, 6.07) is 14.3. The zero-order valence-electron chi connectivity index (χ0n) is 13.4. The number of urea groups is 2. The monoisotopic (exact) mass is 324 g/mol. The normalized spacial score (nSPS) is 13.0. The first-order chi connectivity index (χ1) is 11.6. The number of benzene rings is 2. The molecule has 24 heavy (non-hydrogen) atoms. The summed E-state index contributed by atoms with van der Waals surface area (Å²) in [6.07, 6.45) is 2.07. The van der Waals surface area contributed by atoms with Crippen LogP contribution >= 0.6 is 0 Å². The molecule has 0 aliphatic heterocycles. The molecule has 0 atom stereocenters. The Labute approximate surface area is 140 Å². The van der Waals surface area contributed by atoms with E-state index in [1.807, 2.05) is 43.3 Å². The number of nitrogens with one attached hydrogen (secondary N) is 4. The molecule has 1 aliphatic carbocycles. The molecule has 4 amide bonds. The molecule has 0 heterocycles. The van der Waals surface area contributed by atoms with Crippen molar-refractivity contribution in [3.8, 4) is 0 Å². The van der Waals surface area contributed by atoms with Gasteiger partial charge in [-0.1, -0.05) is 24.3 Å². The van der Waals surface area contributed by atoms with Gasteiger partial charge in [0, 0.05) is 23.1 Å². The van der Waals surface area contributed by atoms with Crippen LogP contribution in [0.1, 0.15) is 18.4 Å². The van der Waals surface area contributed by atoms with Crippen LogP contribution in [0.5, 0.6) is 0 Å². The van der Waals surface area contributed by atoms with Crippen LogP contribution in [0.4, 0.5) is 26.7 Å². The maximum Gasteiger partial charge on any atom is 0.323 e. The summed E-state index contributed by atoms with van der Waals surface area (Å²) < 4.78 is 0. The van der Waals surface area contributed by atoms with Gasteiger partial charge in [0.25, 0.3) is 0 Å². The smallest absolute Gasteiger partial charge is 0.323 e. The molecule has 0 spiro atoms. The summed E-state index contributed by atoms with van der Waals surface area (Å²) in [6.45, 7) is 1.90. The van der Waals surface area contributed by atoms with E-state index in [1.165, 1.54) is 0 Å². The first-order valence-electron chi connectivity index (χ1n) is 7.91. The number of hydrogen-bond acceptors (Lipinski definition) is 2. The largest absolute Gasteiger partial charge is 0.335 e. The van der Waals surface area contributed by atoms with Gasteiger partial charge in [-0.05, 0) is 49.6 Å². The number of rotatable bonds is 4. The molecule has 4 N–H and O–H groups in total. The zero-order chi connectivity index (χ0) is 16.9. The molecular weight excluding hydrogens is 304 g/mol. The van der Waals surface area contributed by atoms with E-state index in [-0.39, 0.29) is 12.1 Å². The van der Waals surface area contributed by atoms with Crippen molar-refractivity contribution in [2.75, 3.05) is 16.0 Å².